The molecular weight excluding hydrogens is 292 g/mol. The first kappa shape index (κ1) is 13.3. The van der Waals surface area contributed by atoms with E-state index >= 15 is 0 Å². The number of aliphatic hydroxyl groups excluding tert-OH is 1. The van der Waals surface area contributed by atoms with Gasteiger partial charge in [-0.05, 0) is 35.3 Å². The number of aryl methyl sites for hydroxylation is 2. The molecule has 1 heterocycles. The molecular formula is C14H17BrN2O. The molecule has 2 rings (SSSR count). The van der Waals surface area contributed by atoms with Crippen LogP contribution in [0.2, 0.25) is 0 Å². The third-order valence-electron chi connectivity index (χ3n) is 3.09. The Bertz CT molecular complexity index is 575. The largest absolute Gasteiger partial charge is 0.396 e. The van der Waals surface area contributed by atoms with E-state index in [2.05, 4.69) is 53.0 Å². The van der Waals surface area contributed by atoms with Crippen molar-refractivity contribution in [2.45, 2.75) is 20.3 Å². The average molecular weight is 309 g/mol. The van der Waals surface area contributed by atoms with E-state index in [0.717, 1.165) is 21.7 Å². The molecule has 0 aliphatic carbocycles. The second kappa shape index (κ2) is 5.24. The first-order valence-corrected chi connectivity index (χ1v) is 6.73. The van der Waals surface area contributed by atoms with Gasteiger partial charge in [0.1, 0.15) is 16.1 Å². The number of rotatable bonds is 3. The molecule has 0 saturated carbocycles. The first-order chi connectivity index (χ1) is 8.54. The van der Waals surface area contributed by atoms with Gasteiger partial charge in [-0.2, -0.15) is 0 Å². The molecule has 18 heavy (non-hydrogen) atoms. The molecule has 0 aliphatic rings. The van der Waals surface area contributed by atoms with E-state index in [1.54, 1.807) is 0 Å². The first-order valence-electron chi connectivity index (χ1n) is 5.94. The number of hydrogen-bond acceptors (Lipinski definition) is 2. The van der Waals surface area contributed by atoms with E-state index in [0.29, 0.717) is 6.42 Å². The summed E-state index contributed by atoms with van der Waals surface area (Å²) in [4.78, 5) is 4.62. The Morgan fingerprint density at radius 1 is 1.33 bits per heavy atom. The highest BCUT2D eigenvalue weighted by atomic mass is 79.9. The van der Waals surface area contributed by atoms with Crippen molar-refractivity contribution in [1.29, 1.82) is 0 Å². The molecule has 96 valence electrons. The van der Waals surface area contributed by atoms with Crippen molar-refractivity contribution in [2.75, 3.05) is 6.61 Å². The minimum Gasteiger partial charge on any atom is -0.396 e. The standard InChI is InChI=1S/C14H17BrN2O/c1-9-4-5-11(10(2)8-9)13-14(15)17(3)12(16-13)6-7-18/h4-5,8,18H,6-7H2,1-3H3. The Morgan fingerprint density at radius 3 is 2.67 bits per heavy atom. The maximum absolute atomic E-state index is 9.04. The van der Waals surface area contributed by atoms with E-state index < -0.39 is 0 Å². The Hall–Kier alpha value is -1.13. The van der Waals surface area contributed by atoms with Crippen LogP contribution in [-0.2, 0) is 13.5 Å². The fourth-order valence-corrected chi connectivity index (χ4v) is 2.60. The van der Waals surface area contributed by atoms with Crippen molar-refractivity contribution in [2.24, 2.45) is 7.05 Å². The lowest BCUT2D eigenvalue weighted by molar-refractivity contribution is 0.295. The summed E-state index contributed by atoms with van der Waals surface area (Å²) in [5.74, 6) is 0.888. The number of aromatic nitrogens is 2. The smallest absolute Gasteiger partial charge is 0.112 e. The summed E-state index contributed by atoms with van der Waals surface area (Å²) in [5.41, 5.74) is 4.54. The summed E-state index contributed by atoms with van der Waals surface area (Å²) < 4.78 is 2.93. The molecule has 0 atom stereocenters. The van der Waals surface area contributed by atoms with Gasteiger partial charge < -0.3 is 9.67 Å². The SMILES string of the molecule is Cc1ccc(-c2nc(CCO)n(C)c2Br)c(C)c1. The maximum atomic E-state index is 9.04. The average Bonchev–Trinajstić information content (AvgIpc) is 2.58. The predicted octanol–water partition coefficient (Wildman–Crippen LogP) is 3.00. The van der Waals surface area contributed by atoms with Gasteiger partial charge in [-0.25, -0.2) is 4.98 Å². The molecule has 2 aromatic rings. The number of hydrogen-bond donors (Lipinski definition) is 1. The van der Waals surface area contributed by atoms with Gasteiger partial charge in [0.05, 0.1) is 6.61 Å². The predicted molar refractivity (Wildman–Crippen MR) is 76.6 cm³/mol. The Morgan fingerprint density at radius 2 is 2.06 bits per heavy atom. The molecule has 0 spiro atoms. The molecule has 1 aromatic carbocycles. The van der Waals surface area contributed by atoms with Crippen molar-refractivity contribution in [3.8, 4) is 11.3 Å². The highest BCUT2D eigenvalue weighted by Crippen LogP contribution is 2.30. The van der Waals surface area contributed by atoms with Crippen LogP contribution in [0, 0.1) is 13.8 Å². The molecule has 1 N–H and O–H groups in total. The molecule has 4 heteroatoms. The summed E-state index contributed by atoms with van der Waals surface area (Å²) in [5, 5.41) is 9.04. The Labute approximate surface area is 116 Å². The highest BCUT2D eigenvalue weighted by Gasteiger charge is 2.15. The van der Waals surface area contributed by atoms with Gasteiger partial charge in [0.15, 0.2) is 0 Å². The second-order valence-electron chi connectivity index (χ2n) is 4.52. The molecule has 0 saturated heterocycles. The van der Waals surface area contributed by atoms with Crippen LogP contribution in [0.5, 0.6) is 0 Å². The molecule has 0 amide bonds. The second-order valence-corrected chi connectivity index (χ2v) is 5.27. The van der Waals surface area contributed by atoms with Crippen molar-refractivity contribution < 1.29 is 5.11 Å². The van der Waals surface area contributed by atoms with Crippen LogP contribution in [0.1, 0.15) is 17.0 Å². The van der Waals surface area contributed by atoms with Crippen LogP contribution in [0.25, 0.3) is 11.3 Å². The van der Waals surface area contributed by atoms with Crippen LogP contribution in [0.3, 0.4) is 0 Å². The van der Waals surface area contributed by atoms with Gasteiger partial charge in [0.2, 0.25) is 0 Å². The quantitative estimate of drug-likeness (QED) is 0.946. The lowest BCUT2D eigenvalue weighted by Gasteiger charge is -2.05. The zero-order chi connectivity index (χ0) is 13.3. The Balaban J connectivity index is 2.53. The lowest BCUT2D eigenvalue weighted by atomic mass is 10.0. The fourth-order valence-electron chi connectivity index (χ4n) is 2.10. The molecule has 0 radical (unpaired) electrons. The molecule has 3 nitrogen and oxygen atoms in total. The number of imidazole rings is 1. The summed E-state index contributed by atoms with van der Waals surface area (Å²) in [6.45, 7) is 4.29. The molecule has 0 aliphatic heterocycles. The van der Waals surface area contributed by atoms with Crippen LogP contribution >= 0.6 is 15.9 Å². The van der Waals surface area contributed by atoms with Crippen LogP contribution in [0.4, 0.5) is 0 Å². The van der Waals surface area contributed by atoms with E-state index in [-0.39, 0.29) is 6.61 Å². The summed E-state index contributed by atoms with van der Waals surface area (Å²) in [6, 6.07) is 6.35. The zero-order valence-electron chi connectivity index (χ0n) is 10.9. The number of halogens is 1. The summed E-state index contributed by atoms with van der Waals surface area (Å²) in [6.07, 6.45) is 0.569. The number of benzene rings is 1. The van der Waals surface area contributed by atoms with E-state index in [1.807, 2.05) is 11.6 Å². The third kappa shape index (κ3) is 2.35. The van der Waals surface area contributed by atoms with Crippen molar-refractivity contribution >= 4 is 15.9 Å². The van der Waals surface area contributed by atoms with Crippen LogP contribution in [0.15, 0.2) is 22.8 Å². The highest BCUT2D eigenvalue weighted by molar-refractivity contribution is 9.10. The van der Waals surface area contributed by atoms with E-state index in [9.17, 15) is 0 Å². The zero-order valence-corrected chi connectivity index (χ0v) is 12.5. The van der Waals surface area contributed by atoms with Crippen LogP contribution in [-0.4, -0.2) is 21.3 Å². The molecule has 0 unspecified atom stereocenters. The van der Waals surface area contributed by atoms with Crippen molar-refractivity contribution in [3.63, 3.8) is 0 Å². The molecule has 0 fully saturated rings. The van der Waals surface area contributed by atoms with Gasteiger partial charge in [-0.1, -0.05) is 23.8 Å². The van der Waals surface area contributed by atoms with Gasteiger partial charge >= 0.3 is 0 Å². The molecule has 0 bridgehead atoms. The third-order valence-corrected chi connectivity index (χ3v) is 4.00. The molecule has 1 aromatic heterocycles. The maximum Gasteiger partial charge on any atom is 0.112 e. The minimum atomic E-state index is 0.115. The van der Waals surface area contributed by atoms with E-state index in [1.165, 1.54) is 11.1 Å². The van der Waals surface area contributed by atoms with Crippen molar-refractivity contribution in [3.05, 3.63) is 39.8 Å². The summed E-state index contributed by atoms with van der Waals surface area (Å²) >= 11 is 3.58. The fraction of sp³-hybridized carbons (Fsp3) is 0.357. The van der Waals surface area contributed by atoms with Gasteiger partial charge in [-0.3, -0.25) is 0 Å². The number of aliphatic hydroxyl groups is 1. The topological polar surface area (TPSA) is 38.1 Å². The summed E-state index contributed by atoms with van der Waals surface area (Å²) in [7, 11) is 1.95. The number of nitrogens with zero attached hydrogens (tertiary/aromatic N) is 2. The van der Waals surface area contributed by atoms with Crippen molar-refractivity contribution in [1.82, 2.24) is 9.55 Å². The normalized spacial score (nSPS) is 10.9. The monoisotopic (exact) mass is 308 g/mol. The van der Waals surface area contributed by atoms with Crippen LogP contribution < -0.4 is 0 Å². The van der Waals surface area contributed by atoms with Gasteiger partial charge in [-0.15, -0.1) is 0 Å². The van der Waals surface area contributed by atoms with E-state index in [4.69, 9.17) is 5.11 Å². The van der Waals surface area contributed by atoms with Gasteiger partial charge in [0, 0.05) is 19.0 Å². The van der Waals surface area contributed by atoms with Gasteiger partial charge in [0.25, 0.3) is 0 Å². The lowest BCUT2D eigenvalue weighted by Crippen LogP contribution is -2.00. The Kier molecular flexibility index (Phi) is 3.88. The minimum absolute atomic E-state index is 0.115.